The van der Waals surface area contributed by atoms with Gasteiger partial charge >= 0.3 is 0 Å². The van der Waals surface area contributed by atoms with E-state index in [2.05, 4.69) is 4.98 Å². The number of aliphatic imine (C=N–C) groups is 1. The van der Waals surface area contributed by atoms with E-state index >= 15 is 0 Å². The van der Waals surface area contributed by atoms with Crippen molar-refractivity contribution in [1.29, 1.82) is 0 Å². The van der Waals surface area contributed by atoms with Crippen molar-refractivity contribution in [2.24, 2.45) is 10.7 Å². The minimum atomic E-state index is -1.18. The molecule has 7 heteroatoms. The van der Waals surface area contributed by atoms with Crippen LogP contribution in [0.4, 0.5) is 0 Å². The second-order valence-corrected chi connectivity index (χ2v) is 7.85. The maximum Gasteiger partial charge on any atom is 0.290 e. The van der Waals surface area contributed by atoms with E-state index in [1.54, 1.807) is 11.1 Å². The molecule has 0 radical (unpaired) electrons. The van der Waals surface area contributed by atoms with Crippen LogP contribution in [0.15, 0.2) is 114 Å². The quantitative estimate of drug-likeness (QED) is 0.433. The van der Waals surface area contributed by atoms with Gasteiger partial charge in [0.1, 0.15) is 0 Å². The molecule has 2 heterocycles. The summed E-state index contributed by atoms with van der Waals surface area (Å²) in [4.78, 5) is 32.7. The second-order valence-electron chi connectivity index (χ2n) is 7.85. The van der Waals surface area contributed by atoms with Crippen LogP contribution < -0.4 is 5.73 Å². The summed E-state index contributed by atoms with van der Waals surface area (Å²) in [5.41, 5.74) is 9.84. The summed E-state index contributed by atoms with van der Waals surface area (Å²) >= 11 is 0. The van der Waals surface area contributed by atoms with E-state index < -0.39 is 5.54 Å². The first-order valence-corrected chi connectivity index (χ1v) is 11.0. The minimum absolute atomic E-state index is 0.149. The lowest BCUT2D eigenvalue weighted by Crippen LogP contribution is -2.43. The monoisotopic (exact) mass is 464 g/mol. The average molecular weight is 465 g/mol. The molecule has 35 heavy (non-hydrogen) atoms. The molecule has 3 N–H and O–H groups in total. The van der Waals surface area contributed by atoms with Crippen LogP contribution >= 0.6 is 0 Å². The van der Waals surface area contributed by atoms with Crippen LogP contribution in [0.5, 0.6) is 0 Å². The van der Waals surface area contributed by atoms with Crippen LogP contribution in [-0.4, -0.2) is 33.3 Å². The van der Waals surface area contributed by atoms with Gasteiger partial charge in [-0.1, -0.05) is 91.0 Å². The normalized spacial score (nSPS) is 14.0. The lowest BCUT2D eigenvalue weighted by molar-refractivity contribution is -0.130. The van der Waals surface area contributed by atoms with Gasteiger partial charge in [-0.2, -0.15) is 0 Å². The van der Waals surface area contributed by atoms with Crippen LogP contribution in [0.2, 0.25) is 0 Å². The van der Waals surface area contributed by atoms with Crippen LogP contribution in [0.25, 0.3) is 11.1 Å². The van der Waals surface area contributed by atoms with Crippen molar-refractivity contribution in [3.63, 3.8) is 0 Å². The minimum Gasteiger partial charge on any atom is -0.483 e. The Morgan fingerprint density at radius 1 is 0.829 bits per heavy atom. The highest BCUT2D eigenvalue weighted by Gasteiger charge is 2.50. The fourth-order valence-corrected chi connectivity index (χ4v) is 4.15. The number of aromatic nitrogens is 1. The Hall–Kier alpha value is -4.78. The lowest BCUT2D eigenvalue weighted by Gasteiger charge is -2.27. The highest BCUT2D eigenvalue weighted by molar-refractivity contribution is 6.09. The number of pyridine rings is 1. The molecule has 5 rings (SSSR count). The molecule has 0 saturated heterocycles. The number of rotatable bonds is 5. The Balaban J connectivity index is 0.000000917. The maximum absolute atomic E-state index is 13.9. The van der Waals surface area contributed by atoms with Gasteiger partial charge in [0.25, 0.3) is 12.4 Å². The van der Waals surface area contributed by atoms with Gasteiger partial charge in [0.2, 0.25) is 0 Å². The van der Waals surface area contributed by atoms with E-state index in [4.69, 9.17) is 20.6 Å². The highest BCUT2D eigenvalue weighted by atomic mass is 16.3. The van der Waals surface area contributed by atoms with E-state index in [0.717, 1.165) is 27.8 Å². The first-order chi connectivity index (χ1) is 17.1. The smallest absolute Gasteiger partial charge is 0.290 e. The first kappa shape index (κ1) is 23.4. The summed E-state index contributed by atoms with van der Waals surface area (Å²) in [5, 5.41) is 6.89. The number of hydrogen-bond donors (Lipinski definition) is 2. The number of nitrogens with two attached hydrogens (primary N) is 1. The molecule has 0 aliphatic carbocycles. The first-order valence-electron chi connectivity index (χ1n) is 11.0. The zero-order chi connectivity index (χ0) is 24.7. The van der Waals surface area contributed by atoms with Gasteiger partial charge in [-0.15, -0.1) is 0 Å². The summed E-state index contributed by atoms with van der Waals surface area (Å²) in [7, 11) is 0. The van der Waals surface area contributed by atoms with Crippen LogP contribution in [0, 0.1) is 0 Å². The van der Waals surface area contributed by atoms with Crippen molar-refractivity contribution in [3.05, 3.63) is 126 Å². The standard InChI is InChI=1S/C27H22N4O.CH2O2/c28-26-30-27(23-9-3-1-4-10-23,24-11-5-2-6-12-24)25(32)31(26)19-20-13-15-21(16-14-20)22-8-7-17-29-18-22;2-1-3/h1-18H,19H2,(H2,28,30);1H,(H,2,3). The molecule has 1 aromatic heterocycles. The van der Waals surface area contributed by atoms with E-state index in [0.29, 0.717) is 6.54 Å². The molecule has 3 aromatic carbocycles. The number of benzene rings is 3. The molecule has 0 unspecified atom stereocenters. The summed E-state index contributed by atoms with van der Waals surface area (Å²) in [6, 6.07) is 31.2. The van der Waals surface area contributed by atoms with Crippen molar-refractivity contribution in [2.45, 2.75) is 12.1 Å². The summed E-state index contributed by atoms with van der Waals surface area (Å²) in [6.07, 6.45) is 3.59. The van der Waals surface area contributed by atoms with Crippen molar-refractivity contribution < 1.29 is 14.7 Å². The number of carbonyl (C=O) groups is 2. The molecule has 1 aliphatic rings. The second kappa shape index (κ2) is 10.4. The lowest BCUT2D eigenvalue weighted by atomic mass is 9.83. The average Bonchev–Trinajstić information content (AvgIpc) is 3.17. The SMILES string of the molecule is NC1=NC(c2ccccc2)(c2ccccc2)C(=O)N1Cc1ccc(-c2cccnc2)cc1.O=CO. The van der Waals surface area contributed by atoms with E-state index in [1.165, 1.54) is 0 Å². The molecular weight excluding hydrogens is 440 g/mol. The molecule has 0 spiro atoms. The summed E-state index contributed by atoms with van der Waals surface area (Å²) in [5.74, 6) is 0.0720. The van der Waals surface area contributed by atoms with E-state index in [9.17, 15) is 4.79 Å². The number of nitrogens with zero attached hydrogens (tertiary/aromatic N) is 3. The van der Waals surface area contributed by atoms with Crippen molar-refractivity contribution in [2.75, 3.05) is 0 Å². The number of carbonyl (C=O) groups excluding carboxylic acids is 1. The Bertz CT molecular complexity index is 1270. The number of hydrogen-bond acceptors (Lipinski definition) is 5. The molecule has 0 bridgehead atoms. The fraction of sp³-hybridized carbons (Fsp3) is 0.0714. The summed E-state index contributed by atoms with van der Waals surface area (Å²) in [6.45, 7) is 0.100. The Labute approximate surface area is 203 Å². The van der Waals surface area contributed by atoms with E-state index in [1.807, 2.05) is 103 Å². The third-order valence-corrected chi connectivity index (χ3v) is 5.79. The van der Waals surface area contributed by atoms with E-state index in [-0.39, 0.29) is 18.3 Å². The topological polar surface area (TPSA) is 109 Å². The van der Waals surface area contributed by atoms with Gasteiger partial charge in [0.15, 0.2) is 11.5 Å². The third-order valence-electron chi connectivity index (χ3n) is 5.79. The Morgan fingerprint density at radius 2 is 1.40 bits per heavy atom. The molecule has 1 aliphatic heterocycles. The predicted molar refractivity (Wildman–Crippen MR) is 134 cm³/mol. The van der Waals surface area contributed by atoms with Crippen LogP contribution in [0.3, 0.4) is 0 Å². The van der Waals surface area contributed by atoms with Gasteiger partial charge in [-0.25, -0.2) is 4.99 Å². The van der Waals surface area contributed by atoms with Crippen molar-refractivity contribution in [1.82, 2.24) is 9.88 Å². The van der Waals surface area contributed by atoms with Gasteiger partial charge in [0.05, 0.1) is 6.54 Å². The molecule has 0 fully saturated rings. The highest BCUT2D eigenvalue weighted by Crippen LogP contribution is 2.40. The van der Waals surface area contributed by atoms with Crippen molar-refractivity contribution in [3.8, 4) is 11.1 Å². The Morgan fingerprint density at radius 3 is 1.91 bits per heavy atom. The Kier molecular flexibility index (Phi) is 6.97. The molecular formula is C28H24N4O3. The molecule has 0 saturated carbocycles. The fourth-order valence-electron chi connectivity index (χ4n) is 4.15. The third kappa shape index (κ3) is 4.65. The van der Waals surface area contributed by atoms with Gasteiger partial charge in [-0.3, -0.25) is 19.5 Å². The molecule has 4 aromatic rings. The van der Waals surface area contributed by atoms with Crippen LogP contribution in [-0.2, 0) is 21.7 Å². The number of amides is 1. The predicted octanol–water partition coefficient (Wildman–Crippen LogP) is 4.05. The maximum atomic E-state index is 13.9. The largest absolute Gasteiger partial charge is 0.483 e. The summed E-state index contributed by atoms with van der Waals surface area (Å²) < 4.78 is 0. The van der Waals surface area contributed by atoms with Gasteiger partial charge in [-0.05, 0) is 33.9 Å². The number of guanidine groups is 1. The van der Waals surface area contributed by atoms with Gasteiger partial charge in [0, 0.05) is 12.4 Å². The van der Waals surface area contributed by atoms with Gasteiger partial charge < -0.3 is 10.8 Å². The molecule has 0 atom stereocenters. The zero-order valence-corrected chi connectivity index (χ0v) is 18.9. The zero-order valence-electron chi connectivity index (χ0n) is 18.9. The molecule has 1 amide bonds. The number of carboxylic acid groups (broad SMARTS) is 1. The van der Waals surface area contributed by atoms with Crippen LogP contribution in [0.1, 0.15) is 16.7 Å². The molecule has 7 nitrogen and oxygen atoms in total. The molecule has 174 valence electrons. The van der Waals surface area contributed by atoms with Crippen molar-refractivity contribution >= 4 is 18.3 Å².